The number of benzene rings is 3. The van der Waals surface area contributed by atoms with Gasteiger partial charge < -0.3 is 20.1 Å². The van der Waals surface area contributed by atoms with Gasteiger partial charge in [0.25, 0.3) is 5.91 Å². The number of para-hydroxylation sites is 1. The minimum atomic E-state index is -0.637. The van der Waals surface area contributed by atoms with Crippen molar-refractivity contribution in [3.63, 3.8) is 0 Å². The minimum absolute atomic E-state index is 0.0195. The number of hydrogen-bond donors (Lipinski definition) is 2. The summed E-state index contributed by atoms with van der Waals surface area (Å²) in [5, 5.41) is 6.07. The fourth-order valence-electron chi connectivity index (χ4n) is 5.48. The van der Waals surface area contributed by atoms with E-state index >= 15 is 0 Å². The predicted molar refractivity (Wildman–Crippen MR) is 137 cm³/mol. The lowest BCUT2D eigenvalue weighted by Crippen LogP contribution is -2.37. The summed E-state index contributed by atoms with van der Waals surface area (Å²) in [5.41, 5.74) is 4.29. The van der Waals surface area contributed by atoms with Crippen LogP contribution in [0.5, 0.6) is 11.5 Å². The van der Waals surface area contributed by atoms with Crippen LogP contribution in [-0.2, 0) is 9.59 Å². The third-order valence-electron chi connectivity index (χ3n) is 7.20. The maximum atomic E-state index is 14.4. The third-order valence-corrected chi connectivity index (χ3v) is 7.20. The number of carbonyl (C=O) groups excluding carboxylic acids is 2. The Morgan fingerprint density at radius 3 is 2.51 bits per heavy atom. The number of ketones is 1. The minimum Gasteiger partial charge on any atom is -0.454 e. The van der Waals surface area contributed by atoms with Gasteiger partial charge in [0.1, 0.15) is 5.82 Å². The third kappa shape index (κ3) is 4.16. The summed E-state index contributed by atoms with van der Waals surface area (Å²) >= 11 is 0. The molecule has 37 heavy (non-hydrogen) atoms. The van der Waals surface area contributed by atoms with Crippen LogP contribution in [0.25, 0.3) is 0 Å². The van der Waals surface area contributed by atoms with E-state index in [-0.39, 0.29) is 24.2 Å². The molecule has 2 heterocycles. The fraction of sp³-hybridized carbons (Fsp3) is 0.200. The molecule has 0 radical (unpaired) electrons. The quantitative estimate of drug-likeness (QED) is 0.495. The zero-order chi connectivity index (χ0) is 25.5. The van der Waals surface area contributed by atoms with Gasteiger partial charge in [-0.05, 0) is 54.7 Å². The number of anilines is 1. The van der Waals surface area contributed by atoms with E-state index in [1.54, 1.807) is 18.2 Å². The van der Waals surface area contributed by atoms with E-state index in [1.165, 1.54) is 12.1 Å². The Bertz CT molecular complexity index is 1480. The van der Waals surface area contributed by atoms with Crippen LogP contribution in [-0.4, -0.2) is 18.5 Å². The molecule has 0 aromatic heterocycles. The van der Waals surface area contributed by atoms with Crippen LogP contribution in [0.3, 0.4) is 0 Å². The molecule has 2 aliphatic heterocycles. The van der Waals surface area contributed by atoms with Gasteiger partial charge in [0.2, 0.25) is 6.79 Å². The zero-order valence-corrected chi connectivity index (χ0v) is 20.2. The van der Waals surface area contributed by atoms with Crippen LogP contribution in [0.15, 0.2) is 95.3 Å². The van der Waals surface area contributed by atoms with E-state index in [0.717, 1.165) is 16.8 Å². The molecule has 1 aliphatic carbocycles. The highest BCUT2D eigenvalue weighted by Gasteiger charge is 2.41. The van der Waals surface area contributed by atoms with Gasteiger partial charge in [0.15, 0.2) is 17.3 Å². The second-order valence-corrected chi connectivity index (χ2v) is 9.47. The van der Waals surface area contributed by atoms with Gasteiger partial charge in [0.05, 0.1) is 5.69 Å². The molecule has 0 spiro atoms. The van der Waals surface area contributed by atoms with E-state index < -0.39 is 17.6 Å². The Labute approximate surface area is 213 Å². The first-order valence-corrected chi connectivity index (χ1v) is 12.2. The van der Waals surface area contributed by atoms with E-state index in [1.807, 2.05) is 49.4 Å². The average molecular weight is 497 g/mol. The summed E-state index contributed by atoms with van der Waals surface area (Å²) in [6.07, 6.45) is 0.985. The molecule has 3 aromatic carbocycles. The predicted octanol–water partition coefficient (Wildman–Crippen LogP) is 5.55. The lowest BCUT2D eigenvalue weighted by atomic mass is 9.71. The van der Waals surface area contributed by atoms with Crippen molar-refractivity contribution in [3.05, 3.63) is 112 Å². The number of nitrogens with one attached hydrogen (secondary N) is 2. The monoisotopic (exact) mass is 496 g/mol. The number of dihydropyridines is 1. The Morgan fingerprint density at radius 2 is 1.70 bits per heavy atom. The van der Waals surface area contributed by atoms with Crippen molar-refractivity contribution in [1.29, 1.82) is 0 Å². The van der Waals surface area contributed by atoms with Crippen molar-refractivity contribution < 1.29 is 23.5 Å². The van der Waals surface area contributed by atoms with Gasteiger partial charge in [-0.15, -0.1) is 0 Å². The molecule has 6 nitrogen and oxygen atoms in total. The van der Waals surface area contributed by atoms with Gasteiger partial charge in [-0.25, -0.2) is 4.39 Å². The van der Waals surface area contributed by atoms with Gasteiger partial charge >= 0.3 is 0 Å². The van der Waals surface area contributed by atoms with Crippen LogP contribution >= 0.6 is 0 Å². The Balaban J connectivity index is 1.43. The molecule has 6 rings (SSSR count). The van der Waals surface area contributed by atoms with E-state index in [0.29, 0.717) is 41.2 Å². The van der Waals surface area contributed by atoms with Crippen LogP contribution < -0.4 is 20.1 Å². The number of amides is 1. The first-order chi connectivity index (χ1) is 18.0. The van der Waals surface area contributed by atoms with Gasteiger partial charge in [-0.2, -0.15) is 0 Å². The van der Waals surface area contributed by atoms with Crippen molar-refractivity contribution in [3.8, 4) is 11.5 Å². The van der Waals surface area contributed by atoms with Gasteiger partial charge in [-0.1, -0.05) is 48.5 Å². The fourth-order valence-corrected chi connectivity index (χ4v) is 5.48. The second kappa shape index (κ2) is 9.24. The number of hydrogen-bond acceptors (Lipinski definition) is 5. The molecule has 0 unspecified atom stereocenters. The number of rotatable bonds is 4. The summed E-state index contributed by atoms with van der Waals surface area (Å²) < 4.78 is 25.4. The lowest BCUT2D eigenvalue weighted by molar-refractivity contribution is -0.116. The molecule has 2 atom stereocenters. The van der Waals surface area contributed by atoms with E-state index in [4.69, 9.17) is 9.47 Å². The Hall–Kier alpha value is -4.39. The van der Waals surface area contributed by atoms with Crippen molar-refractivity contribution in [2.24, 2.45) is 0 Å². The number of fused-ring (bicyclic) bond motifs is 1. The smallest absolute Gasteiger partial charge is 0.254 e. The summed E-state index contributed by atoms with van der Waals surface area (Å²) in [6, 6.07) is 21.5. The largest absolute Gasteiger partial charge is 0.454 e. The zero-order valence-electron chi connectivity index (χ0n) is 20.2. The topological polar surface area (TPSA) is 76.7 Å². The highest BCUT2D eigenvalue weighted by molar-refractivity contribution is 6.10. The maximum Gasteiger partial charge on any atom is 0.254 e. The number of carbonyl (C=O) groups is 2. The molecule has 3 aromatic rings. The standard InChI is InChI=1S/C30H25FN2O4/c1-17-27(30(35)33-22-10-6-5-9-21(22)31)28(19-11-12-25-26(15-19)37-16-36-25)29-23(32-17)13-20(14-24(29)34)18-7-3-2-4-8-18/h2-12,15,20,28,32H,13-14,16H2,1H3,(H,33,35)/t20-,28-/m1/s1. The first-order valence-electron chi connectivity index (χ1n) is 12.2. The molecule has 0 saturated carbocycles. The lowest BCUT2D eigenvalue weighted by Gasteiger charge is -2.37. The van der Waals surface area contributed by atoms with E-state index in [9.17, 15) is 14.0 Å². The normalized spacial score (nSPS) is 20.4. The number of ether oxygens (including phenoxy) is 2. The molecule has 3 aliphatic rings. The summed E-state index contributed by atoms with van der Waals surface area (Å²) in [4.78, 5) is 27.4. The summed E-state index contributed by atoms with van der Waals surface area (Å²) in [7, 11) is 0. The maximum absolute atomic E-state index is 14.4. The number of halogens is 1. The summed E-state index contributed by atoms with van der Waals surface area (Å²) in [6.45, 7) is 1.93. The second-order valence-electron chi connectivity index (χ2n) is 9.47. The van der Waals surface area contributed by atoms with Crippen molar-refractivity contribution >= 4 is 17.4 Å². The van der Waals surface area contributed by atoms with Crippen molar-refractivity contribution in [1.82, 2.24) is 5.32 Å². The van der Waals surface area contributed by atoms with E-state index in [2.05, 4.69) is 10.6 Å². The molecule has 0 saturated heterocycles. The van der Waals surface area contributed by atoms with Crippen molar-refractivity contribution in [2.75, 3.05) is 12.1 Å². The molecular weight excluding hydrogens is 471 g/mol. The molecule has 7 heteroatoms. The Morgan fingerprint density at radius 1 is 0.946 bits per heavy atom. The van der Waals surface area contributed by atoms with Crippen LogP contribution in [0.4, 0.5) is 10.1 Å². The number of allylic oxidation sites excluding steroid dienone is 3. The van der Waals surface area contributed by atoms with Crippen LogP contribution in [0, 0.1) is 5.82 Å². The molecule has 2 N–H and O–H groups in total. The highest BCUT2D eigenvalue weighted by atomic mass is 19.1. The van der Waals surface area contributed by atoms with Crippen LogP contribution in [0.1, 0.15) is 42.7 Å². The molecule has 0 bridgehead atoms. The Kier molecular flexibility index (Phi) is 5.75. The summed E-state index contributed by atoms with van der Waals surface area (Å²) in [5.74, 6) is -0.437. The molecule has 1 amide bonds. The average Bonchev–Trinajstić information content (AvgIpc) is 3.37. The highest BCUT2D eigenvalue weighted by Crippen LogP contribution is 2.47. The van der Waals surface area contributed by atoms with Gasteiger partial charge in [0, 0.05) is 34.9 Å². The van der Waals surface area contributed by atoms with Crippen LogP contribution in [0.2, 0.25) is 0 Å². The molecule has 0 fully saturated rings. The molecular formula is C30H25FN2O4. The first kappa shape index (κ1) is 23.0. The van der Waals surface area contributed by atoms with Crippen molar-refractivity contribution in [2.45, 2.75) is 31.6 Å². The molecule has 186 valence electrons. The number of Topliss-reactive ketones (excluding diaryl/α,β-unsaturated/α-hetero) is 1. The SMILES string of the molecule is CC1=C(C(=O)Nc2ccccc2F)[C@@H](c2ccc3c(c2)OCO3)C2=C(C[C@@H](c3ccccc3)CC2=O)N1. The van der Waals surface area contributed by atoms with Gasteiger partial charge in [-0.3, -0.25) is 9.59 Å².